The number of thiocarbonyl (C=S) groups is 1. The minimum atomic E-state index is -0.388. The number of rotatable bonds is 5. The maximum Gasteiger partial charge on any atom is 0.255 e. The highest BCUT2D eigenvalue weighted by molar-refractivity contribution is 7.80. The van der Waals surface area contributed by atoms with Gasteiger partial charge in [0.05, 0.1) is 11.3 Å². The second kappa shape index (κ2) is 11.1. The van der Waals surface area contributed by atoms with Crippen molar-refractivity contribution in [2.45, 2.75) is 38.1 Å². The number of nitrogens with zero attached hydrogens (tertiary/aromatic N) is 1. The van der Waals surface area contributed by atoms with Crippen molar-refractivity contribution in [1.29, 1.82) is 0 Å². The number of benzene rings is 2. The Kier molecular flexibility index (Phi) is 8.20. The van der Waals surface area contributed by atoms with E-state index in [2.05, 4.69) is 10.6 Å². The molecule has 5 nitrogen and oxygen atoms in total. The van der Waals surface area contributed by atoms with Crippen LogP contribution in [0.1, 0.15) is 48.0 Å². The summed E-state index contributed by atoms with van der Waals surface area (Å²) in [4.78, 5) is 27.1. The molecule has 2 aromatic rings. The third-order valence-electron chi connectivity index (χ3n) is 5.40. The number of halogens is 1. The predicted molar refractivity (Wildman–Crippen MR) is 130 cm³/mol. The van der Waals surface area contributed by atoms with Crippen LogP contribution in [-0.4, -0.2) is 34.9 Å². The minimum absolute atomic E-state index is 0.0530. The lowest BCUT2D eigenvalue weighted by molar-refractivity contribution is -0.115. The molecule has 162 valence electrons. The maximum atomic E-state index is 13.1. The molecule has 1 saturated carbocycles. The highest BCUT2D eigenvalue weighted by atomic mass is 35.5. The number of carbonyl (C=O) groups excluding carboxylic acids is 2. The van der Waals surface area contributed by atoms with Gasteiger partial charge in [0.25, 0.3) is 5.91 Å². The van der Waals surface area contributed by atoms with Gasteiger partial charge in [-0.15, -0.1) is 0 Å². The molecule has 0 saturated heterocycles. The summed E-state index contributed by atoms with van der Waals surface area (Å²) >= 11 is 11.4. The smallest absolute Gasteiger partial charge is 0.255 e. The van der Waals surface area contributed by atoms with Gasteiger partial charge in [-0.05, 0) is 54.9 Å². The maximum absolute atomic E-state index is 13.1. The number of hydrogen-bond acceptors (Lipinski definition) is 3. The lowest BCUT2D eigenvalue weighted by atomic mass is 9.94. The number of para-hydroxylation sites is 1. The van der Waals surface area contributed by atoms with E-state index in [-0.39, 0.29) is 23.0 Å². The average Bonchev–Trinajstić information content (AvgIpc) is 2.78. The molecule has 7 heteroatoms. The van der Waals surface area contributed by atoms with Gasteiger partial charge in [0.2, 0.25) is 5.91 Å². The molecule has 0 bridgehead atoms. The fourth-order valence-corrected chi connectivity index (χ4v) is 4.09. The van der Waals surface area contributed by atoms with Gasteiger partial charge < -0.3 is 10.2 Å². The number of nitrogens with one attached hydrogen (secondary N) is 2. The highest BCUT2D eigenvalue weighted by Gasteiger charge is 2.24. The molecule has 31 heavy (non-hydrogen) atoms. The standard InChI is InChI=1S/C24H26ClN3O2S/c1-28(18-10-3-2-4-11-18)23(30)19-12-6-8-14-21(19)26-24(31)27-22(29)16-15-17-9-5-7-13-20(17)25/h5-9,12-16,18H,2-4,10-11H2,1H3,(H2,26,27,29,31). The number of carbonyl (C=O) groups is 2. The van der Waals surface area contributed by atoms with Crippen LogP contribution in [0.2, 0.25) is 5.02 Å². The van der Waals surface area contributed by atoms with Gasteiger partial charge in [0.1, 0.15) is 0 Å². The van der Waals surface area contributed by atoms with Crippen LogP contribution in [0.25, 0.3) is 6.08 Å². The van der Waals surface area contributed by atoms with E-state index in [1.54, 1.807) is 24.3 Å². The summed E-state index contributed by atoms with van der Waals surface area (Å²) < 4.78 is 0. The number of hydrogen-bond donors (Lipinski definition) is 2. The summed E-state index contributed by atoms with van der Waals surface area (Å²) in [5, 5.41) is 6.26. The zero-order valence-electron chi connectivity index (χ0n) is 17.4. The molecule has 2 aromatic carbocycles. The van der Waals surface area contributed by atoms with Crippen LogP contribution in [0.15, 0.2) is 54.6 Å². The summed E-state index contributed by atoms with van der Waals surface area (Å²) in [5.74, 6) is -0.441. The molecule has 1 fully saturated rings. The highest BCUT2D eigenvalue weighted by Crippen LogP contribution is 2.25. The molecule has 0 aliphatic heterocycles. The van der Waals surface area contributed by atoms with Gasteiger partial charge in [-0.25, -0.2) is 0 Å². The van der Waals surface area contributed by atoms with E-state index >= 15 is 0 Å². The molecule has 2 amide bonds. The predicted octanol–water partition coefficient (Wildman–Crippen LogP) is 5.27. The Morgan fingerprint density at radius 1 is 1.06 bits per heavy atom. The monoisotopic (exact) mass is 455 g/mol. The summed E-state index contributed by atoms with van der Waals surface area (Å²) in [6.07, 6.45) is 8.59. The molecule has 0 spiro atoms. The molecule has 2 N–H and O–H groups in total. The first kappa shape index (κ1) is 23.0. The SMILES string of the molecule is CN(C(=O)c1ccccc1NC(=S)NC(=O)C=Cc1ccccc1Cl)C1CCCCC1. The molecule has 0 unspecified atom stereocenters. The number of anilines is 1. The summed E-state index contributed by atoms with van der Waals surface area (Å²) in [5.41, 5.74) is 1.83. The van der Waals surface area contributed by atoms with Crippen molar-refractivity contribution < 1.29 is 9.59 Å². The summed E-state index contributed by atoms with van der Waals surface area (Å²) in [6, 6.07) is 14.7. The van der Waals surface area contributed by atoms with E-state index in [1.807, 2.05) is 42.3 Å². The van der Waals surface area contributed by atoms with E-state index in [9.17, 15) is 9.59 Å². The Morgan fingerprint density at radius 2 is 1.74 bits per heavy atom. The van der Waals surface area contributed by atoms with E-state index in [4.69, 9.17) is 23.8 Å². The first-order valence-electron chi connectivity index (χ1n) is 10.4. The minimum Gasteiger partial charge on any atom is -0.339 e. The van der Waals surface area contributed by atoms with Crippen LogP contribution < -0.4 is 10.6 Å². The van der Waals surface area contributed by atoms with Crippen LogP contribution in [0, 0.1) is 0 Å². The molecule has 0 heterocycles. The third-order valence-corrected chi connectivity index (χ3v) is 5.95. The fourth-order valence-electron chi connectivity index (χ4n) is 3.69. The molecular formula is C24H26ClN3O2S. The van der Waals surface area contributed by atoms with Gasteiger partial charge in [0.15, 0.2) is 5.11 Å². The summed E-state index contributed by atoms with van der Waals surface area (Å²) in [6.45, 7) is 0. The van der Waals surface area contributed by atoms with Crippen LogP contribution in [0.4, 0.5) is 5.69 Å². The van der Waals surface area contributed by atoms with Crippen molar-refractivity contribution in [2.75, 3.05) is 12.4 Å². The number of amides is 2. The molecule has 3 rings (SSSR count). The van der Waals surface area contributed by atoms with E-state index in [0.717, 1.165) is 31.2 Å². The van der Waals surface area contributed by atoms with Crippen molar-refractivity contribution in [2.24, 2.45) is 0 Å². The second-order valence-corrected chi connectivity index (χ2v) is 8.37. The van der Waals surface area contributed by atoms with Gasteiger partial charge in [0, 0.05) is 24.2 Å². The first-order chi connectivity index (χ1) is 15.0. The Balaban J connectivity index is 1.63. The van der Waals surface area contributed by atoms with Crippen LogP contribution in [0.3, 0.4) is 0 Å². The molecule has 1 aliphatic carbocycles. The van der Waals surface area contributed by atoms with E-state index < -0.39 is 0 Å². The van der Waals surface area contributed by atoms with Crippen molar-refractivity contribution in [3.05, 3.63) is 70.8 Å². The Labute approximate surface area is 193 Å². The topological polar surface area (TPSA) is 61.4 Å². The first-order valence-corrected chi connectivity index (χ1v) is 11.1. The summed E-state index contributed by atoms with van der Waals surface area (Å²) in [7, 11) is 1.86. The van der Waals surface area contributed by atoms with Gasteiger partial charge in [-0.2, -0.15) is 0 Å². The lowest BCUT2D eigenvalue weighted by Gasteiger charge is -2.31. The van der Waals surface area contributed by atoms with Crippen molar-refractivity contribution in [1.82, 2.24) is 10.2 Å². The molecule has 0 atom stereocenters. The van der Waals surface area contributed by atoms with Crippen molar-refractivity contribution in [3.8, 4) is 0 Å². The molecule has 1 aliphatic rings. The van der Waals surface area contributed by atoms with Crippen LogP contribution in [0.5, 0.6) is 0 Å². The van der Waals surface area contributed by atoms with E-state index in [1.165, 1.54) is 12.5 Å². The third kappa shape index (κ3) is 6.39. The van der Waals surface area contributed by atoms with Gasteiger partial charge in [-0.3, -0.25) is 14.9 Å². The Bertz CT molecular complexity index is 986. The van der Waals surface area contributed by atoms with Gasteiger partial charge in [-0.1, -0.05) is 61.2 Å². The Morgan fingerprint density at radius 3 is 2.48 bits per heavy atom. The Hall–Kier alpha value is -2.70. The zero-order valence-corrected chi connectivity index (χ0v) is 19.0. The fraction of sp³-hybridized carbons (Fsp3) is 0.292. The normalized spacial score (nSPS) is 14.3. The van der Waals surface area contributed by atoms with Crippen molar-refractivity contribution >= 4 is 52.5 Å². The van der Waals surface area contributed by atoms with E-state index in [0.29, 0.717) is 16.3 Å². The van der Waals surface area contributed by atoms with Gasteiger partial charge >= 0.3 is 0 Å². The van der Waals surface area contributed by atoms with Crippen LogP contribution in [-0.2, 0) is 4.79 Å². The molecule has 0 aromatic heterocycles. The average molecular weight is 456 g/mol. The zero-order chi connectivity index (χ0) is 22.2. The quantitative estimate of drug-likeness (QED) is 0.476. The van der Waals surface area contributed by atoms with Crippen LogP contribution >= 0.6 is 23.8 Å². The lowest BCUT2D eigenvalue weighted by Crippen LogP contribution is -2.39. The molecule has 0 radical (unpaired) electrons. The second-order valence-electron chi connectivity index (χ2n) is 7.55. The molecular weight excluding hydrogens is 430 g/mol. The van der Waals surface area contributed by atoms with Crippen molar-refractivity contribution in [3.63, 3.8) is 0 Å². The largest absolute Gasteiger partial charge is 0.339 e.